The van der Waals surface area contributed by atoms with Gasteiger partial charge in [-0.05, 0) is 36.4 Å². The number of nitrogens with one attached hydrogen (secondary N) is 1. The standard InChI is InChI=1S/C12H10N2O2S/c15-14-13-10-6-8-12(9-7-10)17(16)11-4-2-1-3-5-11/h1-9H,(H,13,15). The first-order valence-electron chi connectivity index (χ1n) is 4.96. The van der Waals surface area contributed by atoms with Crippen LogP contribution in [-0.4, -0.2) is 4.21 Å². The van der Waals surface area contributed by atoms with E-state index in [1.165, 1.54) is 0 Å². The molecule has 17 heavy (non-hydrogen) atoms. The highest BCUT2D eigenvalue weighted by Gasteiger charge is 2.05. The van der Waals surface area contributed by atoms with E-state index in [1.54, 1.807) is 24.3 Å². The van der Waals surface area contributed by atoms with Crippen molar-refractivity contribution in [3.05, 3.63) is 59.5 Å². The normalized spacial score (nSPS) is 11.8. The van der Waals surface area contributed by atoms with E-state index < -0.39 is 10.8 Å². The molecular formula is C12H10N2O2S. The lowest BCUT2D eigenvalue weighted by Crippen LogP contribution is -1.93. The monoisotopic (exact) mass is 246 g/mol. The van der Waals surface area contributed by atoms with Crippen molar-refractivity contribution in [1.29, 1.82) is 0 Å². The molecule has 4 nitrogen and oxygen atoms in total. The smallest absolute Gasteiger partial charge is 0.0849 e. The van der Waals surface area contributed by atoms with E-state index in [0.717, 1.165) is 4.90 Å². The van der Waals surface area contributed by atoms with Gasteiger partial charge in [0.05, 0.1) is 21.8 Å². The highest BCUT2D eigenvalue weighted by atomic mass is 32.2. The Labute approximate surface area is 101 Å². The van der Waals surface area contributed by atoms with Crippen LogP contribution in [0.2, 0.25) is 0 Å². The largest absolute Gasteiger partial charge is 0.249 e. The van der Waals surface area contributed by atoms with Crippen LogP contribution in [0.3, 0.4) is 0 Å². The predicted molar refractivity (Wildman–Crippen MR) is 67.0 cm³/mol. The molecule has 0 heterocycles. The van der Waals surface area contributed by atoms with E-state index in [-0.39, 0.29) is 0 Å². The summed E-state index contributed by atoms with van der Waals surface area (Å²) in [7, 11) is -1.20. The molecule has 1 unspecified atom stereocenters. The van der Waals surface area contributed by atoms with Gasteiger partial charge in [-0.25, -0.2) is 9.63 Å². The summed E-state index contributed by atoms with van der Waals surface area (Å²) in [6.07, 6.45) is 0. The zero-order chi connectivity index (χ0) is 12.1. The molecule has 0 aliphatic heterocycles. The second-order valence-electron chi connectivity index (χ2n) is 3.31. The highest BCUT2D eigenvalue weighted by molar-refractivity contribution is 7.85. The van der Waals surface area contributed by atoms with E-state index in [2.05, 4.69) is 10.7 Å². The minimum Gasteiger partial charge on any atom is -0.249 e. The molecule has 2 aromatic rings. The summed E-state index contributed by atoms with van der Waals surface area (Å²) in [4.78, 5) is 11.4. The lowest BCUT2D eigenvalue weighted by atomic mass is 10.3. The van der Waals surface area contributed by atoms with Gasteiger partial charge in [-0.15, -0.1) is 4.91 Å². The van der Waals surface area contributed by atoms with Crippen molar-refractivity contribution in [1.82, 2.24) is 0 Å². The maximum Gasteiger partial charge on any atom is 0.0849 e. The summed E-state index contributed by atoms with van der Waals surface area (Å²) in [6.45, 7) is 0. The van der Waals surface area contributed by atoms with E-state index in [1.807, 2.05) is 30.3 Å². The third-order valence-corrected chi connectivity index (χ3v) is 3.60. The van der Waals surface area contributed by atoms with Crippen LogP contribution in [0.4, 0.5) is 5.69 Å². The minimum absolute atomic E-state index is 0.578. The number of hydrogen-bond acceptors (Lipinski definition) is 3. The van der Waals surface area contributed by atoms with Gasteiger partial charge in [-0.1, -0.05) is 18.2 Å². The topological polar surface area (TPSA) is 58.5 Å². The lowest BCUT2D eigenvalue weighted by Gasteiger charge is -2.03. The van der Waals surface area contributed by atoms with Crippen LogP contribution in [0.1, 0.15) is 0 Å². The van der Waals surface area contributed by atoms with Crippen LogP contribution in [0, 0.1) is 4.91 Å². The SMILES string of the molecule is O=NNc1ccc(S(=O)c2ccccc2)cc1. The number of nitrogens with zero attached hydrogens (tertiary/aromatic N) is 1. The summed E-state index contributed by atoms with van der Waals surface area (Å²) in [5.74, 6) is 0. The average Bonchev–Trinajstić information content (AvgIpc) is 2.40. The van der Waals surface area contributed by atoms with Gasteiger partial charge in [0.2, 0.25) is 0 Å². The second kappa shape index (κ2) is 5.36. The predicted octanol–water partition coefficient (Wildman–Crippen LogP) is 2.95. The van der Waals surface area contributed by atoms with Crippen molar-refractivity contribution < 1.29 is 4.21 Å². The highest BCUT2D eigenvalue weighted by Crippen LogP contribution is 2.18. The first-order valence-corrected chi connectivity index (χ1v) is 6.11. The van der Waals surface area contributed by atoms with Gasteiger partial charge in [0.15, 0.2) is 0 Å². The van der Waals surface area contributed by atoms with Crippen molar-refractivity contribution in [3.8, 4) is 0 Å². The van der Waals surface area contributed by atoms with Gasteiger partial charge < -0.3 is 0 Å². The van der Waals surface area contributed by atoms with E-state index in [4.69, 9.17) is 0 Å². The summed E-state index contributed by atoms with van der Waals surface area (Å²) in [5.41, 5.74) is 2.86. The first kappa shape index (κ1) is 11.5. The molecule has 1 atom stereocenters. The Morgan fingerprint density at radius 3 is 2.06 bits per heavy atom. The Hall–Kier alpha value is -2.01. The summed E-state index contributed by atoms with van der Waals surface area (Å²) in [5, 5.41) is 2.56. The Morgan fingerprint density at radius 2 is 1.47 bits per heavy atom. The molecule has 0 aliphatic carbocycles. The van der Waals surface area contributed by atoms with Crippen molar-refractivity contribution in [2.75, 3.05) is 5.43 Å². The Kier molecular flexibility index (Phi) is 3.62. The fourth-order valence-corrected chi connectivity index (χ4v) is 2.45. The van der Waals surface area contributed by atoms with Crippen LogP contribution in [-0.2, 0) is 10.8 Å². The Bertz CT molecular complexity index is 526. The lowest BCUT2D eigenvalue weighted by molar-refractivity contribution is 0.683. The van der Waals surface area contributed by atoms with E-state index in [9.17, 15) is 9.12 Å². The molecule has 0 fully saturated rings. The zero-order valence-electron chi connectivity index (χ0n) is 8.87. The van der Waals surface area contributed by atoms with Crippen LogP contribution >= 0.6 is 0 Å². The molecule has 0 amide bonds. The molecule has 0 saturated carbocycles. The molecule has 2 rings (SSSR count). The molecule has 86 valence electrons. The molecule has 5 heteroatoms. The quantitative estimate of drug-likeness (QED) is 0.666. The molecule has 0 saturated heterocycles. The van der Waals surface area contributed by atoms with Gasteiger partial charge in [0.1, 0.15) is 0 Å². The van der Waals surface area contributed by atoms with Gasteiger partial charge in [-0.2, -0.15) is 0 Å². The summed E-state index contributed by atoms with van der Waals surface area (Å²) < 4.78 is 12.1. The van der Waals surface area contributed by atoms with Crippen molar-refractivity contribution in [2.24, 2.45) is 5.29 Å². The number of hydrogen-bond donors (Lipinski definition) is 1. The number of nitroso groups, excluding NO2 is 1. The molecule has 0 spiro atoms. The van der Waals surface area contributed by atoms with Crippen molar-refractivity contribution in [2.45, 2.75) is 9.79 Å². The number of benzene rings is 2. The van der Waals surface area contributed by atoms with Crippen molar-refractivity contribution in [3.63, 3.8) is 0 Å². The zero-order valence-corrected chi connectivity index (χ0v) is 9.68. The second-order valence-corrected chi connectivity index (χ2v) is 4.79. The average molecular weight is 246 g/mol. The Balaban J connectivity index is 2.23. The summed E-state index contributed by atoms with van der Waals surface area (Å²) in [6, 6.07) is 15.9. The maximum absolute atomic E-state index is 12.1. The molecule has 0 bridgehead atoms. The van der Waals surface area contributed by atoms with E-state index in [0.29, 0.717) is 10.6 Å². The molecular weight excluding hydrogens is 236 g/mol. The fourth-order valence-electron chi connectivity index (χ4n) is 1.39. The summed E-state index contributed by atoms with van der Waals surface area (Å²) >= 11 is 0. The van der Waals surface area contributed by atoms with E-state index >= 15 is 0 Å². The molecule has 2 aromatic carbocycles. The number of anilines is 1. The van der Waals surface area contributed by atoms with Gasteiger partial charge in [0, 0.05) is 9.79 Å². The Morgan fingerprint density at radius 1 is 0.882 bits per heavy atom. The van der Waals surface area contributed by atoms with Gasteiger partial charge in [0.25, 0.3) is 0 Å². The third-order valence-electron chi connectivity index (χ3n) is 2.20. The van der Waals surface area contributed by atoms with Crippen molar-refractivity contribution >= 4 is 16.5 Å². The molecule has 0 aliphatic rings. The van der Waals surface area contributed by atoms with Crippen LogP contribution in [0.5, 0.6) is 0 Å². The first-order chi connectivity index (χ1) is 8.31. The van der Waals surface area contributed by atoms with Crippen LogP contribution in [0.25, 0.3) is 0 Å². The fraction of sp³-hybridized carbons (Fsp3) is 0. The minimum atomic E-state index is -1.20. The third kappa shape index (κ3) is 2.76. The molecule has 1 N–H and O–H groups in total. The maximum atomic E-state index is 12.1. The van der Waals surface area contributed by atoms with Gasteiger partial charge >= 0.3 is 0 Å². The molecule has 0 aromatic heterocycles. The van der Waals surface area contributed by atoms with Crippen LogP contribution < -0.4 is 5.43 Å². The van der Waals surface area contributed by atoms with Crippen LogP contribution in [0.15, 0.2) is 69.7 Å². The van der Waals surface area contributed by atoms with Gasteiger partial charge in [-0.3, -0.25) is 0 Å². The molecule has 0 radical (unpaired) electrons. The number of rotatable bonds is 4.